The third-order valence-electron chi connectivity index (χ3n) is 2.99. The summed E-state index contributed by atoms with van der Waals surface area (Å²) >= 11 is 0. The molecule has 0 saturated carbocycles. The first kappa shape index (κ1) is 12.5. The van der Waals surface area contributed by atoms with Crippen molar-refractivity contribution < 1.29 is 9.26 Å². The first-order chi connectivity index (χ1) is 8.40. The average molecular weight is 239 g/mol. The van der Waals surface area contributed by atoms with Crippen LogP contribution < -0.4 is 5.32 Å². The van der Waals surface area contributed by atoms with Crippen molar-refractivity contribution in [3.05, 3.63) is 11.7 Å². The first-order valence-corrected chi connectivity index (χ1v) is 6.53. The molecule has 0 amide bonds. The molecule has 1 fully saturated rings. The maximum absolute atomic E-state index is 5.28. The van der Waals surface area contributed by atoms with Gasteiger partial charge in [-0.1, -0.05) is 11.6 Å². The Bertz CT molecular complexity index is 321. The highest BCUT2D eigenvalue weighted by atomic mass is 16.5. The van der Waals surface area contributed by atoms with E-state index >= 15 is 0 Å². The van der Waals surface area contributed by atoms with Crippen molar-refractivity contribution >= 4 is 0 Å². The highest BCUT2D eigenvalue weighted by molar-refractivity contribution is 4.95. The quantitative estimate of drug-likeness (QED) is 0.768. The monoisotopic (exact) mass is 239 g/mol. The van der Waals surface area contributed by atoms with E-state index in [9.17, 15) is 0 Å². The number of aromatic nitrogens is 2. The van der Waals surface area contributed by atoms with Crippen LogP contribution in [0.25, 0.3) is 0 Å². The third-order valence-corrected chi connectivity index (χ3v) is 2.99. The van der Waals surface area contributed by atoms with Gasteiger partial charge in [0.2, 0.25) is 5.89 Å². The van der Waals surface area contributed by atoms with Gasteiger partial charge >= 0.3 is 0 Å². The van der Waals surface area contributed by atoms with E-state index in [0.29, 0.717) is 0 Å². The zero-order valence-corrected chi connectivity index (χ0v) is 10.4. The molecule has 1 saturated heterocycles. The molecule has 5 nitrogen and oxygen atoms in total. The number of aryl methyl sites for hydroxylation is 1. The Labute approximate surface area is 102 Å². The number of nitrogens with one attached hydrogen (secondary N) is 1. The highest BCUT2D eigenvalue weighted by Gasteiger charge is 2.19. The summed E-state index contributed by atoms with van der Waals surface area (Å²) in [6.45, 7) is 4.58. The largest absolute Gasteiger partial charge is 0.382 e. The zero-order valence-electron chi connectivity index (χ0n) is 10.4. The minimum Gasteiger partial charge on any atom is -0.382 e. The maximum atomic E-state index is 5.28. The fourth-order valence-electron chi connectivity index (χ4n) is 2.05. The van der Waals surface area contributed by atoms with Gasteiger partial charge in [-0.15, -0.1) is 0 Å². The second-order valence-corrected chi connectivity index (χ2v) is 4.35. The molecule has 5 heteroatoms. The molecule has 2 heterocycles. The van der Waals surface area contributed by atoms with Gasteiger partial charge in [0.05, 0.1) is 6.04 Å². The first-order valence-electron chi connectivity index (χ1n) is 6.53. The fourth-order valence-corrected chi connectivity index (χ4v) is 2.05. The van der Waals surface area contributed by atoms with Gasteiger partial charge in [-0.05, 0) is 32.7 Å². The number of hydrogen-bond donors (Lipinski definition) is 1. The van der Waals surface area contributed by atoms with Crippen molar-refractivity contribution in [2.45, 2.75) is 45.1 Å². The predicted octanol–water partition coefficient (Wildman–Crippen LogP) is 1.85. The van der Waals surface area contributed by atoms with E-state index in [0.717, 1.165) is 50.7 Å². The number of rotatable bonds is 6. The van der Waals surface area contributed by atoms with E-state index in [-0.39, 0.29) is 6.04 Å². The normalized spacial score (nSPS) is 20.6. The Morgan fingerprint density at radius 2 is 2.41 bits per heavy atom. The van der Waals surface area contributed by atoms with Crippen molar-refractivity contribution in [1.82, 2.24) is 15.5 Å². The zero-order chi connectivity index (χ0) is 11.9. The lowest BCUT2D eigenvalue weighted by Crippen LogP contribution is -2.27. The summed E-state index contributed by atoms with van der Waals surface area (Å²) in [6, 6.07) is 0.285. The Kier molecular flexibility index (Phi) is 4.94. The molecule has 1 aromatic heterocycles. The third kappa shape index (κ3) is 3.78. The molecule has 0 aromatic carbocycles. The number of ether oxygens (including phenoxy) is 1. The highest BCUT2D eigenvalue weighted by Crippen LogP contribution is 2.20. The van der Waals surface area contributed by atoms with Crippen LogP contribution in [-0.4, -0.2) is 29.9 Å². The van der Waals surface area contributed by atoms with Gasteiger partial charge in [0, 0.05) is 19.6 Å². The van der Waals surface area contributed by atoms with Crippen molar-refractivity contribution in [3.63, 3.8) is 0 Å². The van der Waals surface area contributed by atoms with Gasteiger partial charge in [0.15, 0.2) is 5.82 Å². The van der Waals surface area contributed by atoms with Gasteiger partial charge in [-0.2, -0.15) is 4.98 Å². The molecule has 0 aliphatic carbocycles. The molecule has 17 heavy (non-hydrogen) atoms. The predicted molar refractivity (Wildman–Crippen MR) is 63.7 cm³/mol. The summed E-state index contributed by atoms with van der Waals surface area (Å²) in [5.74, 6) is 1.54. The van der Waals surface area contributed by atoms with Crippen LogP contribution in [0.1, 0.15) is 50.4 Å². The van der Waals surface area contributed by atoms with E-state index in [4.69, 9.17) is 9.26 Å². The molecule has 0 spiro atoms. The van der Waals surface area contributed by atoms with Crippen LogP contribution in [0, 0.1) is 0 Å². The van der Waals surface area contributed by atoms with E-state index in [1.807, 2.05) is 6.92 Å². The maximum Gasteiger partial charge on any atom is 0.226 e. The van der Waals surface area contributed by atoms with Gasteiger partial charge in [-0.3, -0.25) is 0 Å². The van der Waals surface area contributed by atoms with Crippen molar-refractivity contribution in [3.8, 4) is 0 Å². The van der Waals surface area contributed by atoms with Crippen LogP contribution in [0.2, 0.25) is 0 Å². The Morgan fingerprint density at radius 3 is 3.18 bits per heavy atom. The molecule has 96 valence electrons. The Morgan fingerprint density at radius 1 is 1.47 bits per heavy atom. The molecular formula is C12H21N3O2. The molecule has 1 aliphatic rings. The Hall–Kier alpha value is -0.940. The summed E-state index contributed by atoms with van der Waals surface area (Å²) in [7, 11) is 0. The van der Waals surface area contributed by atoms with Crippen LogP contribution in [0.4, 0.5) is 0 Å². The average Bonchev–Trinajstić information content (AvgIpc) is 2.85. The minimum absolute atomic E-state index is 0.285. The lowest BCUT2D eigenvalue weighted by molar-refractivity contribution is 0.143. The summed E-state index contributed by atoms with van der Waals surface area (Å²) in [4.78, 5) is 4.44. The summed E-state index contributed by atoms with van der Waals surface area (Å²) in [5.41, 5.74) is 0. The SMILES string of the molecule is CCOCCCc1nc(C2CCCCN2)no1. The molecule has 2 rings (SSSR count). The molecule has 1 aliphatic heterocycles. The van der Waals surface area contributed by atoms with Gasteiger partial charge in [0.1, 0.15) is 0 Å². The lowest BCUT2D eigenvalue weighted by atomic mass is 10.0. The van der Waals surface area contributed by atoms with Crippen LogP contribution >= 0.6 is 0 Å². The van der Waals surface area contributed by atoms with E-state index in [2.05, 4.69) is 15.5 Å². The molecule has 1 unspecified atom stereocenters. The van der Waals surface area contributed by atoms with Gasteiger partial charge < -0.3 is 14.6 Å². The molecule has 0 radical (unpaired) electrons. The second-order valence-electron chi connectivity index (χ2n) is 4.35. The summed E-state index contributed by atoms with van der Waals surface area (Å²) < 4.78 is 10.5. The van der Waals surface area contributed by atoms with E-state index < -0.39 is 0 Å². The minimum atomic E-state index is 0.285. The van der Waals surface area contributed by atoms with Crippen molar-refractivity contribution in [1.29, 1.82) is 0 Å². The molecular weight excluding hydrogens is 218 g/mol. The number of hydrogen-bond acceptors (Lipinski definition) is 5. The van der Waals surface area contributed by atoms with Gasteiger partial charge in [-0.25, -0.2) is 0 Å². The number of nitrogens with zero attached hydrogens (tertiary/aromatic N) is 2. The van der Waals surface area contributed by atoms with Crippen molar-refractivity contribution in [2.24, 2.45) is 0 Å². The molecule has 1 N–H and O–H groups in total. The molecule has 1 atom stereocenters. The molecule has 0 bridgehead atoms. The van der Waals surface area contributed by atoms with Crippen molar-refractivity contribution in [2.75, 3.05) is 19.8 Å². The second kappa shape index (κ2) is 6.71. The summed E-state index contributed by atoms with van der Waals surface area (Å²) in [6.07, 6.45) is 5.34. The smallest absolute Gasteiger partial charge is 0.226 e. The van der Waals surface area contributed by atoms with Crippen LogP contribution in [0.15, 0.2) is 4.52 Å². The number of piperidine rings is 1. The van der Waals surface area contributed by atoms with E-state index in [1.54, 1.807) is 0 Å². The fraction of sp³-hybridized carbons (Fsp3) is 0.833. The van der Waals surface area contributed by atoms with E-state index in [1.165, 1.54) is 12.8 Å². The molecule has 1 aromatic rings. The summed E-state index contributed by atoms with van der Waals surface area (Å²) in [5, 5.41) is 7.46. The topological polar surface area (TPSA) is 60.2 Å². The lowest BCUT2D eigenvalue weighted by Gasteiger charge is -2.19. The van der Waals surface area contributed by atoms with Crippen LogP contribution in [0.3, 0.4) is 0 Å². The Balaban J connectivity index is 1.78. The van der Waals surface area contributed by atoms with Gasteiger partial charge in [0.25, 0.3) is 0 Å². The van der Waals surface area contributed by atoms with Crippen LogP contribution in [0.5, 0.6) is 0 Å². The van der Waals surface area contributed by atoms with Crippen LogP contribution in [-0.2, 0) is 11.2 Å². The standard InChI is InChI=1S/C12H21N3O2/c1-2-16-9-5-7-11-14-12(15-17-11)10-6-3-4-8-13-10/h10,13H,2-9H2,1H3.